The molecular formula is C20H21N3O4. The molecule has 2 heterocycles. The quantitative estimate of drug-likeness (QED) is 0.634. The highest BCUT2D eigenvalue weighted by Crippen LogP contribution is 2.18. The maximum atomic E-state index is 12.7. The van der Waals surface area contributed by atoms with Crippen LogP contribution in [0.25, 0.3) is 11.1 Å². The van der Waals surface area contributed by atoms with Crippen molar-refractivity contribution in [1.82, 2.24) is 15.5 Å². The van der Waals surface area contributed by atoms with Gasteiger partial charge < -0.3 is 14.9 Å². The first kappa shape index (κ1) is 18.6. The number of nitrogens with zero attached hydrogens (tertiary/aromatic N) is 2. The summed E-state index contributed by atoms with van der Waals surface area (Å²) in [6.45, 7) is 1.95. The molecule has 1 atom stereocenters. The Kier molecular flexibility index (Phi) is 5.80. The van der Waals surface area contributed by atoms with Crippen molar-refractivity contribution < 1.29 is 19.2 Å². The minimum absolute atomic E-state index is 0.0132. The van der Waals surface area contributed by atoms with Crippen LogP contribution in [0.15, 0.2) is 47.1 Å². The molecule has 27 heavy (non-hydrogen) atoms. The van der Waals surface area contributed by atoms with Crippen LogP contribution < -0.4 is 5.32 Å². The van der Waals surface area contributed by atoms with Gasteiger partial charge >= 0.3 is 5.97 Å². The molecule has 140 valence electrons. The third kappa shape index (κ3) is 4.69. The molecule has 0 aliphatic heterocycles. The Morgan fingerprint density at radius 3 is 2.74 bits per heavy atom. The number of aromatic nitrogens is 2. The zero-order valence-electron chi connectivity index (χ0n) is 15.0. The van der Waals surface area contributed by atoms with Crippen LogP contribution in [0.5, 0.6) is 0 Å². The van der Waals surface area contributed by atoms with Gasteiger partial charge in [-0.3, -0.25) is 9.59 Å². The van der Waals surface area contributed by atoms with Gasteiger partial charge in [0.15, 0.2) is 0 Å². The standard InChI is InChI=1S/C20H21N3O4/c1-2-17-16-11-14(12-21-20(16)27-23-17)19(26)22-15(8-9-18(24)25)10-13-6-4-3-5-7-13/h3-7,11-12,15H,2,8-10H2,1H3,(H,22,26)(H,24,25). The van der Waals surface area contributed by atoms with Crippen molar-refractivity contribution in [3.8, 4) is 0 Å². The Labute approximate surface area is 156 Å². The van der Waals surface area contributed by atoms with Gasteiger partial charge in [-0.15, -0.1) is 0 Å². The van der Waals surface area contributed by atoms with Crippen molar-refractivity contribution >= 4 is 23.0 Å². The normalized spacial score (nSPS) is 12.0. The van der Waals surface area contributed by atoms with Gasteiger partial charge in [-0.2, -0.15) is 0 Å². The Bertz CT molecular complexity index is 937. The minimum atomic E-state index is -0.887. The maximum absolute atomic E-state index is 12.7. The summed E-state index contributed by atoms with van der Waals surface area (Å²) in [5.41, 5.74) is 2.58. The van der Waals surface area contributed by atoms with Gasteiger partial charge in [-0.05, 0) is 30.9 Å². The number of carbonyl (C=O) groups is 2. The fourth-order valence-electron chi connectivity index (χ4n) is 2.95. The monoisotopic (exact) mass is 367 g/mol. The molecule has 1 aromatic carbocycles. The first-order chi connectivity index (χ1) is 13.1. The zero-order chi connectivity index (χ0) is 19.2. The molecule has 0 bridgehead atoms. The van der Waals surface area contributed by atoms with Gasteiger partial charge in [-0.1, -0.05) is 42.4 Å². The van der Waals surface area contributed by atoms with E-state index in [1.807, 2.05) is 37.3 Å². The molecule has 3 rings (SSSR count). The fourth-order valence-corrected chi connectivity index (χ4v) is 2.95. The van der Waals surface area contributed by atoms with E-state index in [0.29, 0.717) is 30.5 Å². The SMILES string of the molecule is CCc1noc2ncc(C(=O)NC(CCC(=O)O)Cc3ccccc3)cc12. The van der Waals surface area contributed by atoms with Crippen molar-refractivity contribution in [3.63, 3.8) is 0 Å². The van der Waals surface area contributed by atoms with E-state index in [0.717, 1.165) is 16.6 Å². The molecule has 2 aromatic heterocycles. The van der Waals surface area contributed by atoms with Crippen molar-refractivity contribution in [2.24, 2.45) is 0 Å². The number of hydrogen-bond donors (Lipinski definition) is 2. The number of rotatable bonds is 8. The van der Waals surface area contributed by atoms with Crippen LogP contribution in [0, 0.1) is 0 Å². The molecule has 2 N–H and O–H groups in total. The number of fused-ring (bicyclic) bond motifs is 1. The van der Waals surface area contributed by atoms with E-state index in [1.165, 1.54) is 6.20 Å². The predicted octanol–water partition coefficient (Wildman–Crippen LogP) is 2.99. The summed E-state index contributed by atoms with van der Waals surface area (Å²) in [5.74, 6) is -1.18. The number of pyridine rings is 1. The van der Waals surface area contributed by atoms with Crippen LogP contribution in [0.4, 0.5) is 0 Å². The number of carboxylic acid groups (broad SMARTS) is 1. The van der Waals surface area contributed by atoms with Gasteiger partial charge in [0.1, 0.15) is 0 Å². The number of aliphatic carboxylic acids is 1. The lowest BCUT2D eigenvalue weighted by Gasteiger charge is -2.18. The highest BCUT2D eigenvalue weighted by atomic mass is 16.5. The Hall–Kier alpha value is -3.22. The molecule has 1 amide bonds. The number of aryl methyl sites for hydroxylation is 1. The van der Waals surface area contributed by atoms with Gasteiger partial charge in [-0.25, -0.2) is 4.98 Å². The summed E-state index contributed by atoms with van der Waals surface area (Å²) in [7, 11) is 0. The molecule has 0 fully saturated rings. The molecule has 3 aromatic rings. The Morgan fingerprint density at radius 2 is 2.04 bits per heavy atom. The highest BCUT2D eigenvalue weighted by Gasteiger charge is 2.18. The molecule has 7 heteroatoms. The predicted molar refractivity (Wildman–Crippen MR) is 99.5 cm³/mol. The third-order valence-electron chi connectivity index (χ3n) is 4.37. The highest BCUT2D eigenvalue weighted by molar-refractivity contribution is 5.97. The van der Waals surface area contributed by atoms with Crippen LogP contribution in [-0.2, 0) is 17.6 Å². The first-order valence-corrected chi connectivity index (χ1v) is 8.87. The lowest BCUT2D eigenvalue weighted by Crippen LogP contribution is -2.37. The lowest BCUT2D eigenvalue weighted by atomic mass is 10.0. The number of hydrogen-bond acceptors (Lipinski definition) is 5. The average Bonchev–Trinajstić information content (AvgIpc) is 3.09. The van der Waals surface area contributed by atoms with Crippen LogP contribution in [0.1, 0.15) is 41.4 Å². The van der Waals surface area contributed by atoms with Crippen LogP contribution >= 0.6 is 0 Å². The van der Waals surface area contributed by atoms with Gasteiger partial charge in [0, 0.05) is 18.7 Å². The number of benzene rings is 1. The van der Waals surface area contributed by atoms with E-state index in [2.05, 4.69) is 15.5 Å². The summed E-state index contributed by atoms with van der Waals surface area (Å²) >= 11 is 0. The lowest BCUT2D eigenvalue weighted by molar-refractivity contribution is -0.137. The molecule has 0 radical (unpaired) electrons. The summed E-state index contributed by atoms with van der Waals surface area (Å²) in [4.78, 5) is 27.8. The average molecular weight is 367 g/mol. The summed E-state index contributed by atoms with van der Waals surface area (Å²) in [6, 6.07) is 11.1. The van der Waals surface area contributed by atoms with E-state index in [4.69, 9.17) is 9.63 Å². The molecule has 0 saturated heterocycles. The number of amides is 1. The number of carboxylic acids is 1. The van der Waals surface area contributed by atoms with E-state index in [-0.39, 0.29) is 18.4 Å². The second kappa shape index (κ2) is 8.44. The van der Waals surface area contributed by atoms with Crippen molar-refractivity contribution in [2.75, 3.05) is 0 Å². The molecule has 1 unspecified atom stereocenters. The van der Waals surface area contributed by atoms with E-state index < -0.39 is 5.97 Å². The van der Waals surface area contributed by atoms with E-state index in [9.17, 15) is 9.59 Å². The maximum Gasteiger partial charge on any atom is 0.303 e. The smallest absolute Gasteiger partial charge is 0.303 e. The second-order valence-electron chi connectivity index (χ2n) is 6.35. The fraction of sp³-hybridized carbons (Fsp3) is 0.300. The van der Waals surface area contributed by atoms with Gasteiger partial charge in [0.05, 0.1) is 16.6 Å². The third-order valence-corrected chi connectivity index (χ3v) is 4.37. The molecule has 7 nitrogen and oxygen atoms in total. The van der Waals surface area contributed by atoms with Crippen LogP contribution in [0.3, 0.4) is 0 Å². The molecular weight excluding hydrogens is 346 g/mol. The molecule has 0 aliphatic rings. The molecule has 0 spiro atoms. The van der Waals surface area contributed by atoms with Gasteiger partial charge in [0.25, 0.3) is 11.6 Å². The van der Waals surface area contributed by atoms with Crippen molar-refractivity contribution in [2.45, 2.75) is 38.6 Å². The second-order valence-corrected chi connectivity index (χ2v) is 6.35. The van der Waals surface area contributed by atoms with Crippen LogP contribution in [0.2, 0.25) is 0 Å². The number of nitrogens with one attached hydrogen (secondary N) is 1. The largest absolute Gasteiger partial charge is 0.481 e. The molecule has 0 aliphatic carbocycles. The number of carbonyl (C=O) groups excluding carboxylic acids is 1. The van der Waals surface area contributed by atoms with Gasteiger partial charge in [0.2, 0.25) is 0 Å². The summed E-state index contributed by atoms with van der Waals surface area (Å²) < 4.78 is 5.14. The first-order valence-electron chi connectivity index (χ1n) is 8.87. The summed E-state index contributed by atoms with van der Waals surface area (Å²) in [6.07, 6.45) is 3.01. The Balaban J connectivity index is 1.77. The topological polar surface area (TPSA) is 105 Å². The zero-order valence-corrected chi connectivity index (χ0v) is 15.0. The van der Waals surface area contributed by atoms with Crippen molar-refractivity contribution in [1.29, 1.82) is 0 Å². The van der Waals surface area contributed by atoms with Crippen LogP contribution in [-0.4, -0.2) is 33.2 Å². The Morgan fingerprint density at radius 1 is 1.26 bits per heavy atom. The van der Waals surface area contributed by atoms with Crippen molar-refractivity contribution in [3.05, 3.63) is 59.4 Å². The summed E-state index contributed by atoms with van der Waals surface area (Å²) in [5, 5.41) is 16.6. The molecule has 0 saturated carbocycles. The minimum Gasteiger partial charge on any atom is -0.481 e. The van der Waals surface area contributed by atoms with E-state index >= 15 is 0 Å². The van der Waals surface area contributed by atoms with E-state index in [1.54, 1.807) is 6.07 Å².